The molecule has 0 saturated heterocycles. The van der Waals surface area contributed by atoms with Crippen LogP contribution in [0.1, 0.15) is 50.3 Å². The normalized spacial score (nSPS) is 16.0. The number of hydrogen-bond donors (Lipinski definition) is 2. The van der Waals surface area contributed by atoms with Gasteiger partial charge in [0.05, 0.1) is 11.4 Å². The van der Waals surface area contributed by atoms with E-state index in [1.54, 1.807) is 16.7 Å². The van der Waals surface area contributed by atoms with Crippen LogP contribution in [0.3, 0.4) is 0 Å². The number of fused-ring (bicyclic) bond motifs is 4. The monoisotopic (exact) mass is 573 g/mol. The molecule has 0 saturated carbocycles. The lowest BCUT2D eigenvalue weighted by atomic mass is 10.0. The van der Waals surface area contributed by atoms with E-state index in [0.29, 0.717) is 0 Å². The average Bonchev–Trinajstić information content (AvgIpc) is 2.92. The maximum atomic E-state index is 13.8. The van der Waals surface area contributed by atoms with Gasteiger partial charge in [-0.2, -0.15) is 0 Å². The zero-order valence-electron chi connectivity index (χ0n) is 24.1. The summed E-state index contributed by atoms with van der Waals surface area (Å²) in [6.45, 7) is 13.4. The third kappa shape index (κ3) is 5.19. The zero-order valence-corrected chi connectivity index (χ0v) is 26.0. The average molecular weight is 574 g/mol. The number of hydrogen-bond acceptors (Lipinski definition) is 6. The third-order valence-corrected chi connectivity index (χ3v) is 14.0. The number of carbonyl (C=O) groups is 1. The van der Waals surface area contributed by atoms with Crippen molar-refractivity contribution in [3.63, 3.8) is 0 Å². The number of amides is 1. The van der Waals surface area contributed by atoms with Gasteiger partial charge in [0.1, 0.15) is 12.4 Å². The Bertz CT molecular complexity index is 1380. The van der Waals surface area contributed by atoms with Gasteiger partial charge >= 0.3 is 6.09 Å². The summed E-state index contributed by atoms with van der Waals surface area (Å²) in [5.74, 6) is 0.870. The van der Waals surface area contributed by atoms with E-state index in [4.69, 9.17) is 9.16 Å². The van der Waals surface area contributed by atoms with E-state index < -0.39 is 8.32 Å². The number of carbonyl (C=O) groups excluding carboxylic acids is 1. The van der Waals surface area contributed by atoms with E-state index in [-0.39, 0.29) is 17.7 Å². The van der Waals surface area contributed by atoms with Gasteiger partial charge in [-0.25, -0.2) is 9.69 Å². The molecule has 3 aromatic carbocycles. The minimum atomic E-state index is -1.91. The zero-order chi connectivity index (χ0) is 28.1. The maximum absolute atomic E-state index is 13.8. The van der Waals surface area contributed by atoms with Gasteiger partial charge in [-0.1, -0.05) is 44.7 Å². The van der Waals surface area contributed by atoms with Crippen molar-refractivity contribution in [1.82, 2.24) is 0 Å². The van der Waals surface area contributed by atoms with Crippen molar-refractivity contribution in [2.45, 2.75) is 81.0 Å². The molecule has 6 nitrogen and oxygen atoms in total. The molecule has 3 heterocycles. The van der Waals surface area contributed by atoms with Gasteiger partial charge in [0, 0.05) is 34.3 Å². The SMILES string of the molecule is CC(C)(C)[Si](C)(C)Oc1ccc(COC(=O)N2c3cc4c(cc3Sc3cc5c(cc32)CCCN5)NCCC4)cc1. The van der Waals surface area contributed by atoms with Gasteiger partial charge in [-0.3, -0.25) is 0 Å². The lowest BCUT2D eigenvalue weighted by Gasteiger charge is -2.36. The fourth-order valence-corrected chi connectivity index (χ4v) is 7.37. The lowest BCUT2D eigenvalue weighted by molar-refractivity contribution is 0.149. The van der Waals surface area contributed by atoms with Crippen LogP contribution in [0.15, 0.2) is 58.3 Å². The fourth-order valence-electron chi connectivity index (χ4n) is 5.24. The van der Waals surface area contributed by atoms with E-state index in [2.05, 4.69) is 68.8 Å². The molecule has 3 aliphatic heterocycles. The number of ether oxygens (including phenoxy) is 1. The molecular formula is C32H39N3O3SSi. The summed E-state index contributed by atoms with van der Waals surface area (Å²) in [6, 6.07) is 16.7. The van der Waals surface area contributed by atoms with E-state index in [1.807, 2.05) is 24.3 Å². The van der Waals surface area contributed by atoms with Crippen molar-refractivity contribution in [3.05, 3.63) is 65.2 Å². The molecule has 8 heteroatoms. The quantitative estimate of drug-likeness (QED) is 0.304. The van der Waals surface area contributed by atoms with Crippen LogP contribution < -0.4 is 20.0 Å². The maximum Gasteiger partial charge on any atom is 0.419 e. The first-order chi connectivity index (χ1) is 19.1. The first-order valence-corrected chi connectivity index (χ1v) is 18.1. The van der Waals surface area contributed by atoms with E-state index in [0.717, 1.165) is 71.3 Å². The Hall–Kier alpha value is -3.10. The van der Waals surface area contributed by atoms with Gasteiger partial charge in [0.2, 0.25) is 8.32 Å². The molecule has 0 bridgehead atoms. The minimum Gasteiger partial charge on any atom is -0.544 e. The molecule has 0 aliphatic carbocycles. The molecule has 0 spiro atoms. The van der Waals surface area contributed by atoms with Crippen LogP contribution in [0.5, 0.6) is 5.75 Å². The molecule has 0 fully saturated rings. The molecule has 3 aliphatic rings. The van der Waals surface area contributed by atoms with Crippen LogP contribution in [-0.2, 0) is 24.2 Å². The molecule has 0 aromatic heterocycles. The standard InChI is InChI=1S/C32H39N3O3SSi/c1-32(2,3)40(4,5)38-24-12-10-21(11-13-24)20-37-31(36)35-27-16-22-8-6-14-33-25(22)18-29(27)39-30-19-26-23(17-28(30)35)9-7-15-34-26/h10-13,16-19,33-34H,6-9,14-15,20H2,1-5H3. The van der Waals surface area contributed by atoms with E-state index in [1.165, 1.54) is 22.5 Å². The van der Waals surface area contributed by atoms with Crippen LogP contribution in [0.25, 0.3) is 0 Å². The van der Waals surface area contributed by atoms with Crippen molar-refractivity contribution in [2.24, 2.45) is 0 Å². The van der Waals surface area contributed by atoms with Crippen molar-refractivity contribution >= 4 is 48.9 Å². The highest BCUT2D eigenvalue weighted by molar-refractivity contribution is 7.99. The molecule has 3 aromatic rings. The van der Waals surface area contributed by atoms with Gasteiger partial charge in [-0.05, 0) is 96.9 Å². The second kappa shape index (κ2) is 10.4. The first kappa shape index (κ1) is 27.1. The third-order valence-electron chi connectivity index (χ3n) is 8.60. The Morgan fingerprint density at radius 1 is 0.900 bits per heavy atom. The second-order valence-corrected chi connectivity index (χ2v) is 18.3. The summed E-state index contributed by atoms with van der Waals surface area (Å²) < 4.78 is 12.4. The highest BCUT2D eigenvalue weighted by atomic mass is 32.2. The number of anilines is 4. The molecule has 0 atom stereocenters. The fraction of sp³-hybridized carbons (Fsp3) is 0.406. The lowest BCUT2D eigenvalue weighted by Crippen LogP contribution is -2.43. The molecule has 0 unspecified atom stereocenters. The predicted octanol–water partition coefficient (Wildman–Crippen LogP) is 8.73. The van der Waals surface area contributed by atoms with Crippen LogP contribution in [0, 0.1) is 0 Å². The Labute approximate surface area is 243 Å². The van der Waals surface area contributed by atoms with Crippen molar-refractivity contribution in [3.8, 4) is 5.75 Å². The van der Waals surface area contributed by atoms with Gasteiger partial charge < -0.3 is 19.8 Å². The Balaban J connectivity index is 1.26. The molecule has 0 radical (unpaired) electrons. The van der Waals surface area contributed by atoms with Gasteiger partial charge in [0.25, 0.3) is 0 Å². The number of nitrogens with one attached hydrogen (secondary N) is 2. The Morgan fingerprint density at radius 2 is 1.45 bits per heavy atom. The summed E-state index contributed by atoms with van der Waals surface area (Å²) in [4.78, 5) is 17.8. The van der Waals surface area contributed by atoms with Crippen LogP contribution in [0.2, 0.25) is 18.1 Å². The highest BCUT2D eigenvalue weighted by Gasteiger charge is 2.39. The smallest absolute Gasteiger partial charge is 0.419 e. The highest BCUT2D eigenvalue weighted by Crippen LogP contribution is 2.52. The van der Waals surface area contributed by atoms with Gasteiger partial charge in [-0.15, -0.1) is 0 Å². The molecule has 2 N–H and O–H groups in total. The predicted molar refractivity (Wildman–Crippen MR) is 167 cm³/mol. The largest absolute Gasteiger partial charge is 0.544 e. The summed E-state index contributed by atoms with van der Waals surface area (Å²) in [5, 5.41) is 7.20. The van der Waals surface area contributed by atoms with Crippen molar-refractivity contribution in [1.29, 1.82) is 0 Å². The van der Waals surface area contributed by atoms with Crippen LogP contribution in [-0.4, -0.2) is 27.5 Å². The summed E-state index contributed by atoms with van der Waals surface area (Å²) in [7, 11) is -1.91. The summed E-state index contributed by atoms with van der Waals surface area (Å²) in [6.07, 6.45) is 3.85. The van der Waals surface area contributed by atoms with Crippen molar-refractivity contribution < 1.29 is 14.0 Å². The number of benzene rings is 3. The number of aryl methyl sites for hydroxylation is 2. The summed E-state index contributed by atoms with van der Waals surface area (Å²) in [5.41, 5.74) is 7.61. The van der Waals surface area contributed by atoms with Crippen LogP contribution in [0.4, 0.5) is 27.5 Å². The molecule has 40 heavy (non-hydrogen) atoms. The molecule has 6 rings (SSSR count). The molecule has 210 valence electrons. The minimum absolute atomic E-state index is 0.130. The Kier molecular flexibility index (Phi) is 7.03. The summed E-state index contributed by atoms with van der Waals surface area (Å²) >= 11 is 1.73. The van der Waals surface area contributed by atoms with Crippen LogP contribution >= 0.6 is 11.8 Å². The van der Waals surface area contributed by atoms with Crippen molar-refractivity contribution in [2.75, 3.05) is 28.6 Å². The molecule has 1 amide bonds. The molecular weight excluding hydrogens is 535 g/mol. The van der Waals surface area contributed by atoms with E-state index >= 15 is 0 Å². The van der Waals surface area contributed by atoms with Gasteiger partial charge in [0.15, 0.2) is 0 Å². The number of rotatable bonds is 4. The van der Waals surface area contributed by atoms with E-state index in [9.17, 15) is 4.79 Å². The topological polar surface area (TPSA) is 62.8 Å². The Morgan fingerprint density at radius 3 is 1.98 bits per heavy atom. The number of nitrogens with zero attached hydrogens (tertiary/aromatic N) is 1. The first-order valence-electron chi connectivity index (χ1n) is 14.3. The second-order valence-electron chi connectivity index (χ2n) is 12.5.